The minimum absolute atomic E-state index is 0.165. The number of rotatable bonds is 5. The van der Waals surface area contributed by atoms with Crippen molar-refractivity contribution in [2.45, 2.75) is 24.6 Å². The number of benzene rings is 1. The zero-order valence-electron chi connectivity index (χ0n) is 17.1. The first-order chi connectivity index (χ1) is 15.8. The lowest BCUT2D eigenvalue weighted by Gasteiger charge is -2.32. The number of fused-ring (bicyclic) bond motifs is 1. The fourth-order valence-electron chi connectivity index (χ4n) is 4.22. The van der Waals surface area contributed by atoms with Gasteiger partial charge in [-0.05, 0) is 18.2 Å². The summed E-state index contributed by atoms with van der Waals surface area (Å²) in [7, 11) is 0. The lowest BCUT2D eigenvalue weighted by Crippen LogP contribution is -2.49. The average Bonchev–Trinajstić information content (AvgIpc) is 3.52. The summed E-state index contributed by atoms with van der Waals surface area (Å²) in [6.45, 7) is -2.22. The minimum atomic E-state index is -2.80. The smallest absolute Gasteiger partial charge is 0.329 e. The molecule has 0 saturated carbocycles. The lowest BCUT2D eigenvalue weighted by molar-refractivity contribution is 0.0564. The molecular formula is C21H19ClF3N7S. The number of aliphatic imine (C=N–C) groups is 1. The van der Waals surface area contributed by atoms with E-state index in [9.17, 15) is 13.2 Å². The van der Waals surface area contributed by atoms with E-state index in [4.69, 9.17) is 28.1 Å². The molecule has 33 heavy (non-hydrogen) atoms. The highest BCUT2D eigenvalue weighted by molar-refractivity contribution is 7.11. The van der Waals surface area contributed by atoms with Crippen LogP contribution in [0.1, 0.15) is 35.3 Å². The van der Waals surface area contributed by atoms with E-state index in [0.29, 0.717) is 45.3 Å². The molecule has 1 fully saturated rings. The number of hydrogen-bond donors (Lipinski definition) is 2. The molecule has 2 aromatic heterocycles. The van der Waals surface area contributed by atoms with Crippen molar-refractivity contribution >= 4 is 34.3 Å². The van der Waals surface area contributed by atoms with Gasteiger partial charge in [-0.15, -0.1) is 11.3 Å². The molecular weight excluding hydrogens is 475 g/mol. The van der Waals surface area contributed by atoms with Crippen LogP contribution in [0.15, 0.2) is 52.7 Å². The van der Waals surface area contributed by atoms with E-state index in [1.165, 1.54) is 35.7 Å². The van der Waals surface area contributed by atoms with Crippen LogP contribution in [-0.2, 0) is 0 Å². The quantitative estimate of drug-likeness (QED) is 0.563. The van der Waals surface area contributed by atoms with Gasteiger partial charge in [-0.2, -0.15) is 13.9 Å². The van der Waals surface area contributed by atoms with E-state index in [-0.39, 0.29) is 11.6 Å². The third-order valence-corrected chi connectivity index (χ3v) is 6.88. The number of aromatic nitrogens is 3. The largest absolute Gasteiger partial charge is 0.333 e. The second-order valence-electron chi connectivity index (χ2n) is 8.01. The first kappa shape index (κ1) is 22.1. The fraction of sp³-hybridized carbons (Fsp3) is 0.286. The van der Waals surface area contributed by atoms with Gasteiger partial charge in [0.25, 0.3) is 0 Å². The molecule has 0 amide bonds. The van der Waals surface area contributed by atoms with Gasteiger partial charge in [0.05, 0.1) is 11.2 Å². The van der Waals surface area contributed by atoms with Crippen molar-refractivity contribution in [3.05, 3.63) is 74.8 Å². The SMILES string of the molecule is NC[C@]1(N)CC2=C(c3ccn(C(F)F)n3)[C@H](c3ccc(F)cc3Cl)N=C(c3nccs3)N2C1. The second-order valence-corrected chi connectivity index (χ2v) is 9.31. The summed E-state index contributed by atoms with van der Waals surface area (Å²) in [4.78, 5) is 11.3. The monoisotopic (exact) mass is 493 g/mol. The van der Waals surface area contributed by atoms with Gasteiger partial charge in [-0.1, -0.05) is 17.7 Å². The van der Waals surface area contributed by atoms with E-state index in [0.717, 1.165) is 5.70 Å². The molecule has 7 nitrogen and oxygen atoms in total. The van der Waals surface area contributed by atoms with Gasteiger partial charge in [0.2, 0.25) is 0 Å². The summed E-state index contributed by atoms with van der Waals surface area (Å²) in [6, 6.07) is 4.79. The number of nitrogens with zero attached hydrogens (tertiary/aromatic N) is 5. The van der Waals surface area contributed by atoms with E-state index in [1.807, 2.05) is 10.3 Å². The molecule has 4 N–H and O–H groups in total. The molecule has 2 aliphatic rings. The Morgan fingerprint density at radius 1 is 1.30 bits per heavy atom. The lowest BCUT2D eigenvalue weighted by atomic mass is 9.90. The Hall–Kier alpha value is -2.73. The van der Waals surface area contributed by atoms with Gasteiger partial charge in [0.15, 0.2) is 10.8 Å². The number of alkyl halides is 2. The van der Waals surface area contributed by atoms with E-state index >= 15 is 0 Å². The van der Waals surface area contributed by atoms with Crippen molar-refractivity contribution in [2.24, 2.45) is 16.5 Å². The molecule has 0 bridgehead atoms. The predicted molar refractivity (Wildman–Crippen MR) is 120 cm³/mol. The summed E-state index contributed by atoms with van der Waals surface area (Å²) in [5.41, 5.74) is 14.0. The Morgan fingerprint density at radius 2 is 2.12 bits per heavy atom. The third-order valence-electron chi connectivity index (χ3n) is 5.78. The number of thiazole rings is 1. The Labute approximate surface area is 196 Å². The maximum absolute atomic E-state index is 13.8. The Morgan fingerprint density at radius 3 is 2.76 bits per heavy atom. The van der Waals surface area contributed by atoms with Gasteiger partial charge < -0.3 is 16.4 Å². The summed E-state index contributed by atoms with van der Waals surface area (Å²) in [6.07, 6.45) is 3.25. The van der Waals surface area contributed by atoms with Crippen LogP contribution in [0.25, 0.3) is 5.57 Å². The molecule has 1 saturated heterocycles. The van der Waals surface area contributed by atoms with Crippen LogP contribution in [0.3, 0.4) is 0 Å². The molecule has 1 aromatic carbocycles. The van der Waals surface area contributed by atoms with Crippen LogP contribution in [-0.4, -0.2) is 44.1 Å². The Balaban J connectivity index is 1.76. The molecule has 0 unspecified atom stereocenters. The van der Waals surface area contributed by atoms with Gasteiger partial charge in [-0.25, -0.2) is 14.1 Å². The molecule has 0 radical (unpaired) electrons. The van der Waals surface area contributed by atoms with Crippen molar-refractivity contribution in [1.82, 2.24) is 19.7 Å². The third kappa shape index (κ3) is 3.84. The van der Waals surface area contributed by atoms with Crippen LogP contribution >= 0.6 is 22.9 Å². The predicted octanol–water partition coefficient (Wildman–Crippen LogP) is 3.80. The molecule has 12 heteroatoms. The van der Waals surface area contributed by atoms with Crippen LogP contribution in [0.4, 0.5) is 13.2 Å². The highest BCUT2D eigenvalue weighted by atomic mass is 35.5. The van der Waals surface area contributed by atoms with Crippen LogP contribution in [0, 0.1) is 5.82 Å². The molecule has 4 heterocycles. The summed E-state index contributed by atoms with van der Waals surface area (Å²) < 4.78 is 41.0. The molecule has 172 valence electrons. The fourth-order valence-corrected chi connectivity index (χ4v) is 5.13. The highest BCUT2D eigenvalue weighted by Gasteiger charge is 2.45. The van der Waals surface area contributed by atoms with E-state index in [2.05, 4.69) is 10.1 Å². The topological polar surface area (TPSA) is 98.3 Å². The van der Waals surface area contributed by atoms with Crippen molar-refractivity contribution in [1.29, 1.82) is 0 Å². The van der Waals surface area contributed by atoms with Crippen LogP contribution in [0.2, 0.25) is 5.02 Å². The Kier molecular flexibility index (Phi) is 5.52. The van der Waals surface area contributed by atoms with Crippen LogP contribution < -0.4 is 11.5 Å². The zero-order valence-corrected chi connectivity index (χ0v) is 18.7. The van der Waals surface area contributed by atoms with Gasteiger partial charge in [0, 0.05) is 59.1 Å². The normalized spacial score (nSPS) is 22.8. The van der Waals surface area contributed by atoms with Gasteiger partial charge in [-0.3, -0.25) is 4.99 Å². The van der Waals surface area contributed by atoms with Crippen molar-refractivity contribution in [3.63, 3.8) is 0 Å². The summed E-state index contributed by atoms with van der Waals surface area (Å²) in [5.74, 6) is 0.0784. The second kappa shape index (κ2) is 8.24. The van der Waals surface area contributed by atoms with Crippen molar-refractivity contribution in [3.8, 4) is 0 Å². The molecule has 0 spiro atoms. The zero-order chi connectivity index (χ0) is 23.3. The molecule has 2 atom stereocenters. The number of amidine groups is 1. The first-order valence-corrected chi connectivity index (χ1v) is 11.3. The molecule has 0 aliphatic carbocycles. The molecule has 2 aliphatic heterocycles. The van der Waals surface area contributed by atoms with Gasteiger partial charge >= 0.3 is 6.55 Å². The number of nitrogens with two attached hydrogens (primary N) is 2. The Bertz CT molecular complexity index is 1260. The van der Waals surface area contributed by atoms with E-state index < -0.39 is 23.9 Å². The first-order valence-electron chi connectivity index (χ1n) is 10.1. The van der Waals surface area contributed by atoms with Gasteiger partial charge in [0.1, 0.15) is 11.9 Å². The average molecular weight is 494 g/mol. The highest BCUT2D eigenvalue weighted by Crippen LogP contribution is 2.47. The van der Waals surface area contributed by atoms with Crippen LogP contribution in [0.5, 0.6) is 0 Å². The van der Waals surface area contributed by atoms with Crippen molar-refractivity contribution in [2.75, 3.05) is 13.1 Å². The summed E-state index contributed by atoms with van der Waals surface area (Å²) >= 11 is 7.83. The number of halogens is 4. The standard InChI is InChI=1S/C21H19ClF3N7S/c22-13-7-11(23)1-2-12(13)17-16(14-3-5-32(30-14)20(24)25)15-8-21(27,9-26)10-31(15)18(29-17)19-28-4-6-33-19/h1-7,17,20H,8-10,26-27H2/t17-,21+/m0/s1. The molecule has 3 aromatic rings. The minimum Gasteiger partial charge on any atom is -0.329 e. The molecule has 5 rings (SSSR count). The summed E-state index contributed by atoms with van der Waals surface area (Å²) in [5, 5.41) is 6.74. The number of hydrogen-bond acceptors (Lipinski definition) is 7. The van der Waals surface area contributed by atoms with E-state index in [1.54, 1.807) is 12.3 Å². The maximum atomic E-state index is 13.8. The van der Waals surface area contributed by atoms with Crippen molar-refractivity contribution < 1.29 is 13.2 Å². The maximum Gasteiger partial charge on any atom is 0.333 e.